The topological polar surface area (TPSA) is 81.3 Å². The van der Waals surface area contributed by atoms with Gasteiger partial charge in [0.2, 0.25) is 0 Å². The van der Waals surface area contributed by atoms with E-state index in [1.165, 1.54) is 4.63 Å². The van der Waals surface area contributed by atoms with E-state index in [4.69, 9.17) is 4.74 Å². The highest BCUT2D eigenvalue weighted by molar-refractivity contribution is 7.09. The average Bonchev–Trinajstić information content (AvgIpc) is 3.23. The SMILES string of the molecule is CCc1csc(C2CN(c3ccc4nnnn4n3)CCO2)n1. The first-order chi connectivity index (χ1) is 10.8. The van der Waals surface area contributed by atoms with Gasteiger partial charge in [0.1, 0.15) is 11.1 Å². The summed E-state index contributed by atoms with van der Waals surface area (Å²) in [4.78, 5) is 6.81. The summed E-state index contributed by atoms with van der Waals surface area (Å²) in [7, 11) is 0. The maximum atomic E-state index is 5.88. The lowest BCUT2D eigenvalue weighted by atomic mass is 10.2. The van der Waals surface area contributed by atoms with Crippen LogP contribution in [0.3, 0.4) is 0 Å². The second kappa shape index (κ2) is 5.58. The van der Waals surface area contributed by atoms with E-state index in [1.807, 2.05) is 12.1 Å². The van der Waals surface area contributed by atoms with Gasteiger partial charge < -0.3 is 9.64 Å². The van der Waals surface area contributed by atoms with Crippen molar-refractivity contribution < 1.29 is 4.74 Å². The predicted octanol–water partition coefficient (Wildman–Crippen LogP) is 1.12. The molecule has 22 heavy (non-hydrogen) atoms. The molecule has 1 fully saturated rings. The van der Waals surface area contributed by atoms with E-state index in [0.29, 0.717) is 12.3 Å². The van der Waals surface area contributed by atoms with Crippen LogP contribution in [-0.4, -0.2) is 49.9 Å². The normalized spacial score (nSPS) is 19.0. The molecule has 4 heterocycles. The summed E-state index contributed by atoms with van der Waals surface area (Å²) in [5.74, 6) is 0.848. The molecule has 1 saturated heterocycles. The Bertz CT molecular complexity index is 785. The van der Waals surface area contributed by atoms with Crippen LogP contribution in [0, 0.1) is 0 Å². The molecule has 0 aliphatic carbocycles. The van der Waals surface area contributed by atoms with Gasteiger partial charge in [0.15, 0.2) is 11.5 Å². The zero-order chi connectivity index (χ0) is 14.9. The van der Waals surface area contributed by atoms with Crippen molar-refractivity contribution in [1.82, 2.24) is 30.2 Å². The van der Waals surface area contributed by atoms with Gasteiger partial charge in [-0.05, 0) is 29.0 Å². The summed E-state index contributed by atoms with van der Waals surface area (Å²) in [6.07, 6.45) is 0.940. The molecule has 0 spiro atoms. The predicted molar refractivity (Wildman–Crippen MR) is 81.0 cm³/mol. The minimum atomic E-state index is -0.00887. The van der Waals surface area contributed by atoms with Crippen molar-refractivity contribution in [3.05, 3.63) is 28.2 Å². The fraction of sp³-hybridized carbons (Fsp3) is 0.462. The molecule has 0 amide bonds. The van der Waals surface area contributed by atoms with E-state index in [2.05, 4.69) is 42.8 Å². The molecule has 3 aromatic rings. The molecule has 0 bridgehead atoms. The van der Waals surface area contributed by atoms with E-state index in [0.717, 1.165) is 36.0 Å². The molecule has 0 saturated carbocycles. The van der Waals surface area contributed by atoms with Crippen LogP contribution in [-0.2, 0) is 11.2 Å². The van der Waals surface area contributed by atoms with E-state index >= 15 is 0 Å². The zero-order valence-corrected chi connectivity index (χ0v) is 12.9. The quantitative estimate of drug-likeness (QED) is 0.716. The maximum Gasteiger partial charge on any atom is 0.200 e. The lowest BCUT2D eigenvalue weighted by Gasteiger charge is -2.32. The largest absolute Gasteiger partial charge is 0.367 e. The highest BCUT2D eigenvalue weighted by Gasteiger charge is 2.25. The van der Waals surface area contributed by atoms with Gasteiger partial charge in [-0.2, -0.15) is 0 Å². The third-order valence-corrected chi connectivity index (χ3v) is 4.64. The van der Waals surface area contributed by atoms with Gasteiger partial charge in [-0.3, -0.25) is 0 Å². The first-order valence-electron chi connectivity index (χ1n) is 7.20. The number of hydrogen-bond acceptors (Lipinski definition) is 8. The third-order valence-electron chi connectivity index (χ3n) is 3.65. The Balaban J connectivity index is 1.57. The smallest absolute Gasteiger partial charge is 0.200 e. The summed E-state index contributed by atoms with van der Waals surface area (Å²) in [5.41, 5.74) is 1.76. The van der Waals surface area contributed by atoms with E-state index < -0.39 is 0 Å². The van der Waals surface area contributed by atoms with Gasteiger partial charge in [-0.1, -0.05) is 6.92 Å². The Morgan fingerprint density at radius 2 is 2.36 bits per heavy atom. The molecule has 114 valence electrons. The van der Waals surface area contributed by atoms with Gasteiger partial charge in [0.25, 0.3) is 0 Å². The van der Waals surface area contributed by atoms with E-state index in [-0.39, 0.29) is 6.10 Å². The molecule has 0 aromatic carbocycles. The number of thiazole rings is 1. The van der Waals surface area contributed by atoms with Gasteiger partial charge in [0, 0.05) is 11.9 Å². The molecular formula is C13H15N7OS. The number of morpholine rings is 1. The number of ether oxygens (including phenoxy) is 1. The molecule has 9 heteroatoms. The third kappa shape index (κ3) is 2.42. The fourth-order valence-corrected chi connectivity index (χ4v) is 3.39. The fourth-order valence-electron chi connectivity index (χ4n) is 2.45. The molecule has 1 unspecified atom stereocenters. The van der Waals surface area contributed by atoms with Crippen LogP contribution in [0.2, 0.25) is 0 Å². The number of rotatable bonds is 3. The van der Waals surface area contributed by atoms with Crippen molar-refractivity contribution in [2.75, 3.05) is 24.6 Å². The summed E-state index contributed by atoms with van der Waals surface area (Å²) in [5, 5.41) is 18.9. The number of anilines is 1. The van der Waals surface area contributed by atoms with Gasteiger partial charge >= 0.3 is 0 Å². The molecule has 0 radical (unpaired) electrons. The lowest BCUT2D eigenvalue weighted by molar-refractivity contribution is 0.0392. The van der Waals surface area contributed by atoms with Crippen molar-refractivity contribution in [2.45, 2.75) is 19.4 Å². The van der Waals surface area contributed by atoms with Crippen molar-refractivity contribution in [3.63, 3.8) is 0 Å². The van der Waals surface area contributed by atoms with E-state index in [1.54, 1.807) is 11.3 Å². The van der Waals surface area contributed by atoms with Crippen LogP contribution >= 0.6 is 11.3 Å². The van der Waals surface area contributed by atoms with Crippen molar-refractivity contribution in [3.8, 4) is 0 Å². The number of aryl methyl sites for hydroxylation is 1. The van der Waals surface area contributed by atoms with Gasteiger partial charge in [-0.15, -0.1) is 26.2 Å². The second-order valence-electron chi connectivity index (χ2n) is 5.05. The molecule has 1 atom stereocenters. The van der Waals surface area contributed by atoms with Crippen molar-refractivity contribution in [2.24, 2.45) is 0 Å². The molecule has 4 rings (SSSR count). The monoisotopic (exact) mass is 317 g/mol. The van der Waals surface area contributed by atoms with Gasteiger partial charge in [-0.25, -0.2) is 4.98 Å². The molecule has 0 N–H and O–H groups in total. The summed E-state index contributed by atoms with van der Waals surface area (Å²) in [6, 6.07) is 3.80. The molecule has 3 aromatic heterocycles. The number of hydrogen-bond donors (Lipinski definition) is 0. The second-order valence-corrected chi connectivity index (χ2v) is 5.94. The first-order valence-corrected chi connectivity index (χ1v) is 8.07. The lowest BCUT2D eigenvalue weighted by Crippen LogP contribution is -2.39. The van der Waals surface area contributed by atoms with E-state index in [9.17, 15) is 0 Å². The average molecular weight is 317 g/mol. The number of fused-ring (bicyclic) bond motifs is 1. The summed E-state index contributed by atoms with van der Waals surface area (Å²) >= 11 is 1.66. The Kier molecular flexibility index (Phi) is 3.43. The van der Waals surface area contributed by atoms with Crippen LogP contribution in [0.5, 0.6) is 0 Å². The number of tetrazole rings is 1. The summed E-state index contributed by atoms with van der Waals surface area (Å²) in [6.45, 7) is 4.29. The number of aromatic nitrogens is 6. The molecule has 1 aliphatic heterocycles. The van der Waals surface area contributed by atoms with Crippen LogP contribution < -0.4 is 4.90 Å². The maximum absolute atomic E-state index is 5.88. The Hall–Kier alpha value is -2.13. The Morgan fingerprint density at radius 1 is 1.41 bits per heavy atom. The van der Waals surface area contributed by atoms with Crippen LogP contribution in [0.25, 0.3) is 5.65 Å². The van der Waals surface area contributed by atoms with Gasteiger partial charge in [0.05, 0.1) is 18.8 Å². The van der Waals surface area contributed by atoms with Crippen molar-refractivity contribution in [1.29, 1.82) is 0 Å². The summed E-state index contributed by atoms with van der Waals surface area (Å²) < 4.78 is 7.32. The Labute approximate surface area is 130 Å². The zero-order valence-electron chi connectivity index (χ0n) is 12.1. The highest BCUT2D eigenvalue weighted by atomic mass is 32.1. The molecule has 8 nitrogen and oxygen atoms in total. The van der Waals surface area contributed by atoms with Crippen LogP contribution in [0.4, 0.5) is 5.82 Å². The van der Waals surface area contributed by atoms with Crippen LogP contribution in [0.1, 0.15) is 23.7 Å². The van der Waals surface area contributed by atoms with Crippen LogP contribution in [0.15, 0.2) is 17.5 Å². The standard InChI is InChI=1S/C13H15N7OS/c1-2-9-8-22-13(14-9)10-7-19(5-6-21-10)12-4-3-11-15-17-18-20(11)16-12/h3-4,8,10H,2,5-7H2,1H3. The highest BCUT2D eigenvalue weighted by Crippen LogP contribution is 2.27. The molecular weight excluding hydrogens is 302 g/mol. The minimum Gasteiger partial charge on any atom is -0.367 e. The number of nitrogens with zero attached hydrogens (tertiary/aromatic N) is 7. The van der Waals surface area contributed by atoms with Crippen molar-refractivity contribution >= 4 is 22.8 Å². The first kappa shape index (κ1) is 13.5. The molecule has 1 aliphatic rings. The Morgan fingerprint density at radius 3 is 3.23 bits per heavy atom. The minimum absolute atomic E-state index is 0.00887.